The average molecular weight is 548 g/mol. The summed E-state index contributed by atoms with van der Waals surface area (Å²) in [7, 11) is 0. The first-order valence-corrected chi connectivity index (χ1v) is 13.2. The number of nitrogens with one attached hydrogen (secondary N) is 2. The molecule has 11 heteroatoms. The molecule has 0 saturated carbocycles. The number of anilines is 1. The van der Waals surface area contributed by atoms with Crippen molar-refractivity contribution in [3.8, 4) is 16.9 Å². The van der Waals surface area contributed by atoms with Crippen molar-refractivity contribution in [2.45, 2.75) is 32.2 Å². The molecule has 1 fully saturated rings. The zero-order valence-corrected chi connectivity index (χ0v) is 22.3. The van der Waals surface area contributed by atoms with Crippen LogP contribution < -0.4 is 15.0 Å². The van der Waals surface area contributed by atoms with Crippen molar-refractivity contribution in [3.05, 3.63) is 71.4 Å². The van der Waals surface area contributed by atoms with Crippen LogP contribution in [0.5, 0.6) is 5.75 Å². The van der Waals surface area contributed by atoms with Gasteiger partial charge in [0.1, 0.15) is 17.4 Å². The fraction of sp³-hybridized carbons (Fsp3) is 0.286. The second-order valence-corrected chi connectivity index (χ2v) is 10.4. The van der Waals surface area contributed by atoms with Crippen LogP contribution in [0.3, 0.4) is 0 Å². The standard InChI is InChI=1S/C28H27ClFN7O2/c1-3-39-19-13-20(25-22-15-32-34-26(22)35-37(25)16-19)17-4-7-24(31-14-17)36-10-8-28(2,9-11-36)33-27(38)21-12-18(30)5-6-23(21)29/h4-7,12-16H,3,8-11H2,1-2H3,(H,33,38)(H,34,35). The lowest BCUT2D eigenvalue weighted by atomic mass is 9.89. The molecule has 0 unspecified atom stereocenters. The van der Waals surface area contributed by atoms with Gasteiger partial charge < -0.3 is 15.0 Å². The number of carbonyl (C=O) groups is 1. The van der Waals surface area contributed by atoms with E-state index in [1.54, 1.807) is 6.20 Å². The smallest absolute Gasteiger partial charge is 0.253 e. The Bertz CT molecular complexity index is 1670. The second-order valence-electron chi connectivity index (χ2n) is 9.98. The van der Waals surface area contributed by atoms with Crippen LogP contribution in [0.1, 0.15) is 37.0 Å². The molecule has 1 amide bonds. The molecule has 0 atom stereocenters. The summed E-state index contributed by atoms with van der Waals surface area (Å²) >= 11 is 6.13. The van der Waals surface area contributed by atoms with Gasteiger partial charge in [0, 0.05) is 36.0 Å². The molecule has 1 aliphatic rings. The SMILES string of the molecule is CCOc1cc(-c2ccc(N3CCC(C)(NC(=O)c4cc(F)ccc4Cl)CC3)nc2)c2c3cn[nH]c3nn2c1. The number of aromatic amines is 1. The van der Waals surface area contributed by atoms with E-state index in [0.717, 1.165) is 33.6 Å². The van der Waals surface area contributed by atoms with Crippen LogP contribution in [0.25, 0.3) is 27.7 Å². The number of hydrogen-bond donors (Lipinski definition) is 2. The van der Waals surface area contributed by atoms with Crippen molar-refractivity contribution in [3.63, 3.8) is 0 Å². The van der Waals surface area contributed by atoms with E-state index in [1.807, 2.05) is 49.0 Å². The Morgan fingerprint density at radius 2 is 2.03 bits per heavy atom. The number of halogens is 2. The van der Waals surface area contributed by atoms with Gasteiger partial charge in [0.2, 0.25) is 0 Å². The number of H-pyrrole nitrogens is 1. The summed E-state index contributed by atoms with van der Waals surface area (Å²) < 4.78 is 21.3. The number of ether oxygens (including phenoxy) is 1. The lowest BCUT2D eigenvalue weighted by Gasteiger charge is -2.40. The van der Waals surface area contributed by atoms with E-state index in [9.17, 15) is 9.18 Å². The van der Waals surface area contributed by atoms with Gasteiger partial charge in [0.15, 0.2) is 5.65 Å². The van der Waals surface area contributed by atoms with E-state index in [2.05, 4.69) is 25.5 Å². The normalized spacial score (nSPS) is 15.1. The van der Waals surface area contributed by atoms with E-state index < -0.39 is 11.4 Å². The summed E-state index contributed by atoms with van der Waals surface area (Å²) in [5.41, 5.74) is 3.23. The molecule has 0 bridgehead atoms. The van der Waals surface area contributed by atoms with Crippen LogP contribution in [-0.4, -0.2) is 55.9 Å². The highest BCUT2D eigenvalue weighted by atomic mass is 35.5. The van der Waals surface area contributed by atoms with Crippen LogP contribution in [0, 0.1) is 5.82 Å². The maximum atomic E-state index is 13.7. The highest BCUT2D eigenvalue weighted by molar-refractivity contribution is 6.33. The molecule has 6 rings (SSSR count). The number of benzene rings is 1. The third kappa shape index (κ3) is 4.76. The minimum atomic E-state index is -0.494. The molecule has 0 spiro atoms. The summed E-state index contributed by atoms with van der Waals surface area (Å²) in [4.78, 5) is 19.8. The molecule has 9 nitrogen and oxygen atoms in total. The van der Waals surface area contributed by atoms with E-state index >= 15 is 0 Å². The van der Waals surface area contributed by atoms with E-state index in [0.29, 0.717) is 38.2 Å². The van der Waals surface area contributed by atoms with Crippen LogP contribution in [0.15, 0.2) is 55.0 Å². The van der Waals surface area contributed by atoms with Crippen LogP contribution in [0.2, 0.25) is 5.02 Å². The number of pyridine rings is 2. The van der Waals surface area contributed by atoms with Crippen molar-refractivity contribution in [1.82, 2.24) is 30.1 Å². The highest BCUT2D eigenvalue weighted by Crippen LogP contribution is 2.34. The zero-order valence-electron chi connectivity index (χ0n) is 21.5. The number of carbonyl (C=O) groups excluding carboxylic acids is 1. The molecule has 0 radical (unpaired) electrons. The average Bonchev–Trinajstić information content (AvgIpc) is 3.51. The first kappa shape index (κ1) is 25.1. The predicted octanol–water partition coefficient (Wildman–Crippen LogP) is 5.25. The molecule has 5 aromatic rings. The molecule has 4 aromatic heterocycles. The van der Waals surface area contributed by atoms with Gasteiger partial charge in [-0.2, -0.15) is 5.10 Å². The summed E-state index contributed by atoms with van der Waals surface area (Å²) in [6.45, 7) is 5.92. The van der Waals surface area contributed by atoms with Crippen LogP contribution >= 0.6 is 11.6 Å². The first-order chi connectivity index (χ1) is 18.8. The monoisotopic (exact) mass is 547 g/mol. The molecule has 1 aromatic carbocycles. The second kappa shape index (κ2) is 9.85. The topological polar surface area (TPSA) is 100 Å². The largest absolute Gasteiger partial charge is 0.492 e. The van der Waals surface area contributed by atoms with Gasteiger partial charge in [-0.25, -0.2) is 13.9 Å². The Morgan fingerprint density at radius 3 is 2.77 bits per heavy atom. The van der Waals surface area contributed by atoms with Crippen molar-refractivity contribution in [2.24, 2.45) is 0 Å². The minimum absolute atomic E-state index is 0.144. The third-order valence-electron chi connectivity index (χ3n) is 7.25. The van der Waals surface area contributed by atoms with E-state index in [4.69, 9.17) is 21.3 Å². The van der Waals surface area contributed by atoms with Crippen molar-refractivity contribution in [1.29, 1.82) is 0 Å². The first-order valence-electron chi connectivity index (χ1n) is 12.8. The number of hydrogen-bond acceptors (Lipinski definition) is 6. The molecular weight excluding hydrogens is 521 g/mol. The number of nitrogens with zero attached hydrogens (tertiary/aromatic N) is 5. The predicted molar refractivity (Wildman–Crippen MR) is 148 cm³/mol. The Balaban J connectivity index is 1.19. The van der Waals surface area contributed by atoms with Crippen LogP contribution in [0.4, 0.5) is 10.2 Å². The van der Waals surface area contributed by atoms with E-state index in [1.165, 1.54) is 18.2 Å². The van der Waals surface area contributed by atoms with Gasteiger partial charge in [0.05, 0.1) is 40.5 Å². The summed E-state index contributed by atoms with van der Waals surface area (Å²) in [6, 6.07) is 9.87. The Hall–Kier alpha value is -4.18. The fourth-order valence-corrected chi connectivity index (χ4v) is 5.31. The molecule has 5 heterocycles. The van der Waals surface area contributed by atoms with Gasteiger partial charge in [-0.15, -0.1) is 5.10 Å². The minimum Gasteiger partial charge on any atom is -0.492 e. The Kier molecular flexibility index (Phi) is 6.34. The summed E-state index contributed by atoms with van der Waals surface area (Å²) in [5.74, 6) is 0.718. The van der Waals surface area contributed by atoms with Gasteiger partial charge in [-0.3, -0.25) is 9.89 Å². The quantitative estimate of drug-likeness (QED) is 0.301. The molecule has 1 aliphatic heterocycles. The van der Waals surface area contributed by atoms with E-state index in [-0.39, 0.29) is 16.5 Å². The zero-order chi connectivity index (χ0) is 27.1. The lowest BCUT2D eigenvalue weighted by molar-refractivity contribution is 0.0891. The molecule has 200 valence electrons. The summed E-state index contributed by atoms with van der Waals surface area (Å²) in [6.07, 6.45) is 6.92. The van der Waals surface area contributed by atoms with Crippen molar-refractivity contribution < 1.29 is 13.9 Å². The Morgan fingerprint density at radius 1 is 1.21 bits per heavy atom. The molecule has 39 heavy (non-hydrogen) atoms. The molecule has 2 N–H and O–H groups in total. The van der Waals surface area contributed by atoms with Gasteiger partial charge in [-0.1, -0.05) is 11.6 Å². The van der Waals surface area contributed by atoms with Crippen molar-refractivity contribution >= 4 is 39.9 Å². The number of rotatable bonds is 6. The van der Waals surface area contributed by atoms with Crippen molar-refractivity contribution in [2.75, 3.05) is 24.6 Å². The molecule has 1 saturated heterocycles. The highest BCUT2D eigenvalue weighted by Gasteiger charge is 2.33. The molecule has 0 aliphatic carbocycles. The Labute approximate surface area is 228 Å². The van der Waals surface area contributed by atoms with Gasteiger partial charge in [-0.05, 0) is 63.1 Å². The number of fused-ring (bicyclic) bond motifs is 3. The van der Waals surface area contributed by atoms with Crippen LogP contribution in [-0.2, 0) is 0 Å². The molecular formula is C28H27ClFN7O2. The number of amides is 1. The maximum Gasteiger partial charge on any atom is 0.253 e. The number of aromatic nitrogens is 5. The fourth-order valence-electron chi connectivity index (χ4n) is 5.11. The van der Waals surface area contributed by atoms with Gasteiger partial charge in [0.25, 0.3) is 5.91 Å². The lowest BCUT2D eigenvalue weighted by Crippen LogP contribution is -2.53. The number of piperidine rings is 1. The maximum absolute atomic E-state index is 13.7. The summed E-state index contributed by atoms with van der Waals surface area (Å²) in [5, 5.41) is 15.9. The third-order valence-corrected chi connectivity index (χ3v) is 7.58. The van der Waals surface area contributed by atoms with Gasteiger partial charge >= 0.3 is 0 Å².